The highest BCUT2D eigenvalue weighted by molar-refractivity contribution is 7.97. The Morgan fingerprint density at radius 1 is 1.24 bits per heavy atom. The summed E-state index contributed by atoms with van der Waals surface area (Å²) in [6, 6.07) is 6.28. The van der Waals surface area contributed by atoms with Crippen LogP contribution in [0.25, 0.3) is 0 Å². The van der Waals surface area contributed by atoms with Crippen LogP contribution in [-0.2, 0) is 6.42 Å². The predicted octanol–water partition coefficient (Wildman–Crippen LogP) is 3.64. The molecule has 0 unspecified atom stereocenters. The Bertz CT molecular complexity index is 998. The van der Waals surface area contributed by atoms with Crippen LogP contribution in [0.15, 0.2) is 28.1 Å². The summed E-state index contributed by atoms with van der Waals surface area (Å²) in [5.74, 6) is 2.35. The van der Waals surface area contributed by atoms with Crippen LogP contribution in [0.5, 0.6) is 5.75 Å². The number of rotatable bonds is 10. The Hall–Kier alpha value is -2.36. The van der Waals surface area contributed by atoms with Gasteiger partial charge in [0, 0.05) is 51.6 Å². The maximum atomic E-state index is 11.9. The van der Waals surface area contributed by atoms with E-state index in [2.05, 4.69) is 45.2 Å². The zero-order valence-electron chi connectivity index (χ0n) is 21.4. The van der Waals surface area contributed by atoms with Gasteiger partial charge in [0.2, 0.25) is 0 Å². The number of aliphatic imine (C=N–C) groups is 1. The largest absolute Gasteiger partial charge is 0.493 e. The number of imidazole rings is 1. The average Bonchev–Trinajstić information content (AvgIpc) is 3.16. The van der Waals surface area contributed by atoms with E-state index >= 15 is 0 Å². The summed E-state index contributed by atoms with van der Waals surface area (Å²) in [6.45, 7) is 14.1. The van der Waals surface area contributed by atoms with E-state index < -0.39 is 0 Å². The minimum atomic E-state index is 0.546. The number of benzene rings is 1. The molecule has 3 rings (SSSR count). The van der Waals surface area contributed by atoms with Gasteiger partial charge >= 0.3 is 0 Å². The van der Waals surface area contributed by atoms with Crippen molar-refractivity contribution in [2.24, 2.45) is 4.99 Å². The molecule has 34 heavy (non-hydrogen) atoms. The number of aromatic nitrogens is 2. The van der Waals surface area contributed by atoms with Gasteiger partial charge in [-0.05, 0) is 57.0 Å². The Balaban J connectivity index is 1.96. The molecule has 8 nitrogen and oxygen atoms in total. The van der Waals surface area contributed by atoms with Crippen molar-refractivity contribution in [2.75, 3.05) is 58.4 Å². The van der Waals surface area contributed by atoms with Gasteiger partial charge in [-0.25, -0.2) is 14.0 Å². The highest BCUT2D eigenvalue weighted by atomic mass is 32.2. The summed E-state index contributed by atoms with van der Waals surface area (Å²) in [4.78, 5) is 24.9. The number of hydrogen-bond donors (Lipinski definition) is 0. The molecular weight excluding hydrogens is 448 g/mol. The van der Waals surface area contributed by atoms with Crippen molar-refractivity contribution in [1.82, 2.24) is 18.9 Å². The van der Waals surface area contributed by atoms with Gasteiger partial charge in [0.25, 0.3) is 0 Å². The molecule has 0 amide bonds. The molecule has 2 heterocycles. The first-order valence-electron chi connectivity index (χ1n) is 12.1. The molecule has 1 saturated heterocycles. The molecule has 1 aromatic carbocycles. The van der Waals surface area contributed by atoms with Crippen LogP contribution in [0.1, 0.15) is 54.8 Å². The number of carbonyl (C=O) groups is 1. The lowest BCUT2D eigenvalue weighted by atomic mass is 10.1. The third-order valence-corrected chi connectivity index (χ3v) is 7.14. The van der Waals surface area contributed by atoms with Gasteiger partial charge < -0.3 is 9.64 Å². The first kappa shape index (κ1) is 26.2. The molecule has 0 aliphatic carbocycles. The van der Waals surface area contributed by atoms with Crippen molar-refractivity contribution in [3.63, 3.8) is 0 Å². The van der Waals surface area contributed by atoms with E-state index in [4.69, 9.17) is 4.74 Å². The number of carbonyl (C=O) groups excluding carboxylic acids is 1. The van der Waals surface area contributed by atoms with E-state index in [9.17, 15) is 4.79 Å². The summed E-state index contributed by atoms with van der Waals surface area (Å²) in [6.07, 6.45) is 2.58. The highest BCUT2D eigenvalue weighted by Crippen LogP contribution is 2.30. The van der Waals surface area contributed by atoms with Gasteiger partial charge in [0.05, 0.1) is 17.9 Å². The second kappa shape index (κ2) is 12.4. The monoisotopic (exact) mass is 486 g/mol. The fraction of sp³-hybridized carbons (Fsp3) is 0.560. The third-order valence-electron chi connectivity index (χ3n) is 6.05. The molecule has 0 saturated carbocycles. The zero-order valence-corrected chi connectivity index (χ0v) is 22.2. The smallest absolute Gasteiger partial charge is 0.170 e. The standard InChI is InChI=1S/C25H38N6O2S/c1-7-10-24-27-19(4)22(18-32)31(24)28(6)25(26-5)21-17-20(11-12-23(21)33-9-3)34-30-15-13-29(8-2)14-16-30/h11-12,17-18H,7-10,13-16H2,1-6H3. The van der Waals surface area contributed by atoms with Gasteiger partial charge in [0.15, 0.2) is 12.1 Å². The van der Waals surface area contributed by atoms with E-state index in [0.29, 0.717) is 12.3 Å². The van der Waals surface area contributed by atoms with Crippen molar-refractivity contribution < 1.29 is 9.53 Å². The Labute approximate surface area is 208 Å². The van der Waals surface area contributed by atoms with Crippen LogP contribution in [0.4, 0.5) is 0 Å². The molecule has 0 radical (unpaired) electrons. The normalized spacial score (nSPS) is 15.5. The first-order chi connectivity index (χ1) is 16.5. The number of likely N-dealkylation sites (N-methyl/N-ethyl adjacent to an activating group) is 1. The maximum absolute atomic E-state index is 11.9. The van der Waals surface area contributed by atoms with Crippen LogP contribution >= 0.6 is 11.9 Å². The molecule has 1 aliphatic rings. The van der Waals surface area contributed by atoms with Crippen molar-refractivity contribution >= 4 is 24.1 Å². The number of piperazine rings is 1. The minimum absolute atomic E-state index is 0.546. The quantitative estimate of drug-likeness (QED) is 0.220. The molecule has 1 aliphatic heterocycles. The zero-order chi connectivity index (χ0) is 24.7. The van der Waals surface area contributed by atoms with E-state index in [1.54, 1.807) is 19.0 Å². The third kappa shape index (κ3) is 5.82. The summed E-state index contributed by atoms with van der Waals surface area (Å²) in [5, 5.41) is 1.92. The van der Waals surface area contributed by atoms with Crippen LogP contribution in [0.2, 0.25) is 0 Å². The van der Waals surface area contributed by atoms with Crippen LogP contribution in [0.3, 0.4) is 0 Å². The number of aryl methyl sites for hydroxylation is 2. The van der Waals surface area contributed by atoms with Gasteiger partial charge in [-0.15, -0.1) is 0 Å². The Kier molecular flexibility index (Phi) is 9.55. The van der Waals surface area contributed by atoms with Gasteiger partial charge in [-0.2, -0.15) is 0 Å². The molecule has 0 bridgehead atoms. The average molecular weight is 487 g/mol. The number of aldehydes is 1. The number of ether oxygens (including phenoxy) is 1. The maximum Gasteiger partial charge on any atom is 0.170 e. The molecule has 1 aromatic heterocycles. The summed E-state index contributed by atoms with van der Waals surface area (Å²) < 4.78 is 10.3. The van der Waals surface area contributed by atoms with Gasteiger partial charge in [0.1, 0.15) is 17.3 Å². The van der Waals surface area contributed by atoms with E-state index in [0.717, 1.165) is 85.4 Å². The van der Waals surface area contributed by atoms with E-state index in [1.165, 1.54) is 0 Å². The van der Waals surface area contributed by atoms with Crippen molar-refractivity contribution in [1.29, 1.82) is 0 Å². The second-order valence-electron chi connectivity index (χ2n) is 8.29. The highest BCUT2D eigenvalue weighted by Gasteiger charge is 2.24. The van der Waals surface area contributed by atoms with Crippen molar-refractivity contribution in [3.8, 4) is 5.75 Å². The van der Waals surface area contributed by atoms with Crippen molar-refractivity contribution in [2.45, 2.75) is 45.4 Å². The summed E-state index contributed by atoms with van der Waals surface area (Å²) in [7, 11) is 3.70. The summed E-state index contributed by atoms with van der Waals surface area (Å²) >= 11 is 1.78. The van der Waals surface area contributed by atoms with Gasteiger partial charge in [-0.3, -0.25) is 14.8 Å². The topological polar surface area (TPSA) is 66.2 Å². The Morgan fingerprint density at radius 3 is 2.56 bits per heavy atom. The molecule has 0 atom stereocenters. The Morgan fingerprint density at radius 2 is 1.97 bits per heavy atom. The lowest BCUT2D eigenvalue weighted by Gasteiger charge is -2.33. The number of hydrogen-bond acceptors (Lipinski definition) is 7. The number of amidine groups is 1. The fourth-order valence-electron chi connectivity index (χ4n) is 4.29. The van der Waals surface area contributed by atoms with Gasteiger partial charge in [-0.1, -0.05) is 13.8 Å². The summed E-state index contributed by atoms with van der Waals surface area (Å²) in [5.41, 5.74) is 2.17. The van der Waals surface area contributed by atoms with Crippen LogP contribution in [-0.4, -0.2) is 84.4 Å². The first-order valence-corrected chi connectivity index (χ1v) is 12.9. The number of nitrogens with zero attached hydrogens (tertiary/aromatic N) is 6. The van der Waals surface area contributed by atoms with Crippen molar-refractivity contribution in [3.05, 3.63) is 41.0 Å². The van der Waals surface area contributed by atoms with Crippen LogP contribution < -0.4 is 9.75 Å². The minimum Gasteiger partial charge on any atom is -0.493 e. The molecule has 2 aromatic rings. The molecule has 1 fully saturated rings. The lowest BCUT2D eigenvalue weighted by molar-refractivity contribution is 0.111. The SMILES string of the molecule is CCCc1nc(C)c(C=O)n1N(C)C(=NC)c1cc(SN2CCN(CC)CC2)ccc1OCC. The second-order valence-corrected chi connectivity index (χ2v) is 9.47. The lowest BCUT2D eigenvalue weighted by Crippen LogP contribution is -2.43. The van der Waals surface area contributed by atoms with Crippen LogP contribution in [0, 0.1) is 6.92 Å². The van der Waals surface area contributed by atoms with E-state index in [1.807, 2.05) is 36.6 Å². The molecule has 186 valence electrons. The fourth-order valence-corrected chi connectivity index (χ4v) is 5.23. The predicted molar refractivity (Wildman–Crippen MR) is 140 cm³/mol. The molecular formula is C25H38N6O2S. The molecule has 9 heteroatoms. The molecule has 0 N–H and O–H groups in total. The van der Waals surface area contributed by atoms with E-state index in [-0.39, 0.29) is 0 Å². The molecule has 0 spiro atoms.